The normalized spacial score (nSPS) is 21.7. The standard InChI is InChI=1S/C18H22Cl2N6S/c19-16-11(8-13(22)25-17(16)20)27-15-10-23-14(9-24-15)26-6-4-18(5-7-26)3-1-2-12(18)21/h8-10,12H,1-7,21H2,(H2,22,25)/t12-/m1/s1. The molecule has 1 atom stereocenters. The Morgan fingerprint density at radius 3 is 2.56 bits per heavy atom. The zero-order valence-electron chi connectivity index (χ0n) is 14.9. The number of aromatic nitrogens is 3. The van der Waals surface area contributed by atoms with Crippen LogP contribution in [0.5, 0.6) is 0 Å². The number of hydrogen-bond donors (Lipinski definition) is 2. The maximum absolute atomic E-state index is 6.37. The molecule has 2 aromatic rings. The monoisotopic (exact) mass is 424 g/mol. The van der Waals surface area contributed by atoms with Gasteiger partial charge in [-0.25, -0.2) is 15.0 Å². The molecule has 1 spiro atoms. The summed E-state index contributed by atoms with van der Waals surface area (Å²) < 4.78 is 0. The summed E-state index contributed by atoms with van der Waals surface area (Å²) >= 11 is 13.6. The summed E-state index contributed by atoms with van der Waals surface area (Å²) in [6.45, 7) is 1.97. The average Bonchev–Trinajstić information content (AvgIpc) is 3.01. The molecule has 2 aliphatic rings. The minimum atomic E-state index is 0.191. The van der Waals surface area contributed by atoms with Gasteiger partial charge in [-0.1, -0.05) is 41.4 Å². The van der Waals surface area contributed by atoms with Crippen LogP contribution < -0.4 is 16.4 Å². The first-order valence-electron chi connectivity index (χ1n) is 9.09. The first-order chi connectivity index (χ1) is 13.0. The van der Waals surface area contributed by atoms with E-state index in [1.807, 2.05) is 6.20 Å². The molecule has 0 aromatic carbocycles. The van der Waals surface area contributed by atoms with Crippen LogP contribution in [0.15, 0.2) is 28.4 Å². The number of nitrogens with two attached hydrogens (primary N) is 2. The van der Waals surface area contributed by atoms with Crippen molar-refractivity contribution in [2.75, 3.05) is 23.7 Å². The maximum Gasteiger partial charge on any atom is 0.151 e. The predicted octanol–water partition coefficient (Wildman–Crippen LogP) is 4.01. The van der Waals surface area contributed by atoms with Gasteiger partial charge in [-0.15, -0.1) is 0 Å². The molecule has 6 nitrogen and oxygen atoms in total. The molecule has 0 amide bonds. The van der Waals surface area contributed by atoms with Crippen LogP contribution in [0.2, 0.25) is 10.2 Å². The van der Waals surface area contributed by atoms with Crippen LogP contribution in [0.25, 0.3) is 0 Å². The van der Waals surface area contributed by atoms with Crippen molar-refractivity contribution in [2.45, 2.75) is 48.1 Å². The first-order valence-corrected chi connectivity index (χ1v) is 10.7. The predicted molar refractivity (Wildman–Crippen MR) is 111 cm³/mol. The fourth-order valence-electron chi connectivity index (χ4n) is 4.17. The fourth-order valence-corrected chi connectivity index (χ4v) is 5.44. The molecule has 2 fully saturated rings. The highest BCUT2D eigenvalue weighted by atomic mass is 35.5. The minimum absolute atomic E-state index is 0.191. The number of hydrogen-bond acceptors (Lipinski definition) is 7. The molecular formula is C18H22Cl2N6S. The summed E-state index contributed by atoms with van der Waals surface area (Å²) in [6.07, 6.45) is 9.54. The third kappa shape index (κ3) is 3.83. The smallest absolute Gasteiger partial charge is 0.151 e. The van der Waals surface area contributed by atoms with Crippen LogP contribution in [-0.4, -0.2) is 34.1 Å². The Balaban J connectivity index is 1.43. The van der Waals surface area contributed by atoms with Gasteiger partial charge in [0, 0.05) is 24.0 Å². The lowest BCUT2D eigenvalue weighted by molar-refractivity contribution is 0.197. The van der Waals surface area contributed by atoms with E-state index in [0.717, 1.165) is 43.2 Å². The molecule has 4 N–H and O–H groups in total. The van der Waals surface area contributed by atoms with Gasteiger partial charge in [-0.3, -0.25) is 0 Å². The Morgan fingerprint density at radius 1 is 1.15 bits per heavy atom. The second kappa shape index (κ2) is 7.62. The summed E-state index contributed by atoms with van der Waals surface area (Å²) in [7, 11) is 0. The molecule has 0 unspecified atom stereocenters. The van der Waals surface area contributed by atoms with Crippen molar-refractivity contribution >= 4 is 46.6 Å². The van der Waals surface area contributed by atoms with Gasteiger partial charge in [-0.2, -0.15) is 0 Å². The number of halogens is 2. The number of nitrogen functional groups attached to an aromatic ring is 1. The number of anilines is 2. The summed E-state index contributed by atoms with van der Waals surface area (Å²) in [5.41, 5.74) is 12.5. The number of nitrogens with zero attached hydrogens (tertiary/aromatic N) is 4. The molecule has 1 aliphatic carbocycles. The summed E-state index contributed by atoms with van der Waals surface area (Å²) in [5, 5.41) is 1.29. The van der Waals surface area contributed by atoms with Gasteiger partial charge in [0.25, 0.3) is 0 Å². The Labute approximate surface area is 173 Å². The van der Waals surface area contributed by atoms with Crippen molar-refractivity contribution in [3.63, 3.8) is 0 Å². The Morgan fingerprint density at radius 2 is 1.93 bits per heavy atom. The zero-order valence-corrected chi connectivity index (χ0v) is 17.2. The number of piperidine rings is 1. The van der Waals surface area contributed by atoms with Crippen LogP contribution in [-0.2, 0) is 0 Å². The number of pyridine rings is 1. The van der Waals surface area contributed by atoms with Gasteiger partial charge < -0.3 is 16.4 Å². The second-order valence-corrected chi connectivity index (χ2v) is 9.11. The van der Waals surface area contributed by atoms with Gasteiger partial charge in [-0.05, 0) is 37.2 Å². The lowest BCUT2D eigenvalue weighted by Crippen LogP contribution is -2.47. The molecule has 144 valence electrons. The van der Waals surface area contributed by atoms with Crippen LogP contribution in [0.1, 0.15) is 32.1 Å². The SMILES string of the molecule is Nc1cc(Sc2cnc(N3CCC4(CCC[C@H]4N)CC3)cn2)c(Cl)c(Cl)n1. The van der Waals surface area contributed by atoms with Gasteiger partial charge >= 0.3 is 0 Å². The number of rotatable bonds is 3. The van der Waals surface area contributed by atoms with E-state index < -0.39 is 0 Å². The van der Waals surface area contributed by atoms with E-state index in [2.05, 4.69) is 19.9 Å². The van der Waals surface area contributed by atoms with E-state index >= 15 is 0 Å². The Bertz CT molecular complexity index is 823. The van der Waals surface area contributed by atoms with Gasteiger partial charge in [0.1, 0.15) is 16.7 Å². The lowest BCUT2D eigenvalue weighted by atomic mass is 9.74. The molecular weight excluding hydrogens is 403 g/mol. The summed E-state index contributed by atoms with van der Waals surface area (Å²) in [5.74, 6) is 1.22. The van der Waals surface area contributed by atoms with Crippen LogP contribution in [0, 0.1) is 5.41 Å². The quantitative estimate of drug-likeness (QED) is 0.718. The third-order valence-corrected chi connectivity index (χ3v) is 7.62. The van der Waals surface area contributed by atoms with Gasteiger partial charge in [0.05, 0.1) is 17.4 Å². The molecule has 3 heterocycles. The molecule has 1 saturated carbocycles. The molecule has 27 heavy (non-hydrogen) atoms. The highest BCUT2D eigenvalue weighted by molar-refractivity contribution is 7.99. The van der Waals surface area contributed by atoms with Crippen molar-refractivity contribution in [3.05, 3.63) is 28.6 Å². The molecule has 2 aromatic heterocycles. The molecule has 0 bridgehead atoms. The molecule has 4 rings (SSSR count). The Kier molecular flexibility index (Phi) is 5.38. The van der Waals surface area contributed by atoms with Crippen molar-refractivity contribution in [1.82, 2.24) is 15.0 Å². The van der Waals surface area contributed by atoms with Crippen molar-refractivity contribution in [1.29, 1.82) is 0 Å². The highest BCUT2D eigenvalue weighted by Crippen LogP contribution is 2.46. The first kappa shape index (κ1) is 19.1. The highest BCUT2D eigenvalue weighted by Gasteiger charge is 2.42. The minimum Gasteiger partial charge on any atom is -0.384 e. The molecule has 0 radical (unpaired) electrons. The largest absolute Gasteiger partial charge is 0.384 e. The third-order valence-electron chi connectivity index (χ3n) is 5.79. The lowest BCUT2D eigenvalue weighted by Gasteiger charge is -2.42. The second-order valence-electron chi connectivity index (χ2n) is 7.31. The zero-order chi connectivity index (χ0) is 19.0. The van der Waals surface area contributed by atoms with Crippen molar-refractivity contribution < 1.29 is 0 Å². The van der Waals surface area contributed by atoms with E-state index in [-0.39, 0.29) is 5.15 Å². The van der Waals surface area contributed by atoms with Gasteiger partial charge in [0.2, 0.25) is 0 Å². The summed E-state index contributed by atoms with van der Waals surface area (Å²) in [4.78, 5) is 16.1. The van der Waals surface area contributed by atoms with E-state index in [1.54, 1.807) is 12.3 Å². The topological polar surface area (TPSA) is 94.0 Å². The molecule has 1 aliphatic heterocycles. The molecule has 1 saturated heterocycles. The van der Waals surface area contributed by atoms with Crippen molar-refractivity contribution in [3.8, 4) is 0 Å². The fraction of sp³-hybridized carbons (Fsp3) is 0.500. The van der Waals surface area contributed by atoms with Crippen LogP contribution in [0.4, 0.5) is 11.6 Å². The Hall–Kier alpha value is -1.28. The van der Waals surface area contributed by atoms with E-state index in [0.29, 0.717) is 27.2 Å². The van der Waals surface area contributed by atoms with Gasteiger partial charge in [0.15, 0.2) is 5.15 Å². The summed E-state index contributed by atoms with van der Waals surface area (Å²) in [6, 6.07) is 2.04. The average molecular weight is 425 g/mol. The maximum atomic E-state index is 6.37. The van der Waals surface area contributed by atoms with Crippen LogP contribution in [0.3, 0.4) is 0 Å². The van der Waals surface area contributed by atoms with Crippen molar-refractivity contribution in [2.24, 2.45) is 11.1 Å². The van der Waals surface area contributed by atoms with E-state index in [4.69, 9.17) is 34.7 Å². The van der Waals surface area contributed by atoms with E-state index in [1.165, 1.54) is 24.6 Å². The molecule has 9 heteroatoms. The van der Waals surface area contributed by atoms with E-state index in [9.17, 15) is 0 Å². The van der Waals surface area contributed by atoms with Crippen LogP contribution >= 0.6 is 35.0 Å².